The zero-order chi connectivity index (χ0) is 14.1. The van der Waals surface area contributed by atoms with E-state index >= 15 is 0 Å². The summed E-state index contributed by atoms with van der Waals surface area (Å²) in [5.41, 5.74) is 7.35. The Morgan fingerprint density at radius 2 is 1.95 bits per heavy atom. The largest absolute Gasteiger partial charge is 0.508 e. The summed E-state index contributed by atoms with van der Waals surface area (Å²) in [6.07, 6.45) is 1.68. The van der Waals surface area contributed by atoms with Crippen LogP contribution < -0.4 is 10.5 Å². The third-order valence-corrected chi connectivity index (χ3v) is 3.12. The second kappa shape index (κ2) is 4.74. The number of ether oxygens (including phenoxy) is 1. The highest BCUT2D eigenvalue weighted by Gasteiger charge is 2.08. The van der Waals surface area contributed by atoms with Crippen molar-refractivity contribution in [1.29, 1.82) is 0 Å². The molecule has 1 aromatic heterocycles. The number of phenolic OH excluding ortho intramolecular Hbond substituents is 1. The molecule has 0 spiro atoms. The number of phenols is 1. The van der Waals surface area contributed by atoms with Crippen molar-refractivity contribution in [3.8, 4) is 17.4 Å². The van der Waals surface area contributed by atoms with E-state index in [1.54, 1.807) is 24.4 Å². The number of pyridine rings is 1. The molecule has 3 rings (SSSR count). The van der Waals surface area contributed by atoms with Gasteiger partial charge in [-0.1, -0.05) is 6.07 Å². The van der Waals surface area contributed by atoms with E-state index in [0.717, 1.165) is 16.3 Å². The van der Waals surface area contributed by atoms with Gasteiger partial charge >= 0.3 is 0 Å². The summed E-state index contributed by atoms with van der Waals surface area (Å²) in [6, 6.07) is 12.4. The van der Waals surface area contributed by atoms with Crippen molar-refractivity contribution in [2.24, 2.45) is 0 Å². The van der Waals surface area contributed by atoms with E-state index in [1.807, 2.05) is 31.2 Å². The highest BCUT2D eigenvalue weighted by Crippen LogP contribution is 2.31. The Morgan fingerprint density at radius 1 is 1.10 bits per heavy atom. The van der Waals surface area contributed by atoms with Crippen LogP contribution in [0.25, 0.3) is 10.8 Å². The van der Waals surface area contributed by atoms with Crippen LogP contribution in [0.5, 0.6) is 17.4 Å². The molecule has 20 heavy (non-hydrogen) atoms. The maximum absolute atomic E-state index is 9.61. The van der Waals surface area contributed by atoms with Crippen molar-refractivity contribution in [3.05, 3.63) is 54.2 Å². The third-order valence-electron chi connectivity index (χ3n) is 3.12. The van der Waals surface area contributed by atoms with Gasteiger partial charge in [-0.25, -0.2) is 4.98 Å². The molecule has 2 aromatic carbocycles. The summed E-state index contributed by atoms with van der Waals surface area (Å²) < 4.78 is 5.85. The molecule has 0 radical (unpaired) electrons. The topological polar surface area (TPSA) is 68.4 Å². The van der Waals surface area contributed by atoms with Crippen LogP contribution in [-0.4, -0.2) is 10.1 Å². The third kappa shape index (κ3) is 2.23. The normalized spacial score (nSPS) is 10.7. The molecule has 0 saturated heterocycles. The molecule has 100 valence electrons. The summed E-state index contributed by atoms with van der Waals surface area (Å²) in [5.74, 6) is 1.35. The molecular formula is C16H14N2O2. The first-order valence-corrected chi connectivity index (χ1v) is 6.25. The summed E-state index contributed by atoms with van der Waals surface area (Å²) in [7, 11) is 0. The van der Waals surface area contributed by atoms with Crippen LogP contribution in [0.3, 0.4) is 0 Å². The Bertz CT molecular complexity index is 785. The molecule has 0 aliphatic carbocycles. The fraction of sp³-hybridized carbons (Fsp3) is 0.0625. The number of hydrogen-bond acceptors (Lipinski definition) is 4. The van der Waals surface area contributed by atoms with Gasteiger partial charge in [0, 0.05) is 17.3 Å². The molecule has 0 atom stereocenters. The molecule has 3 aromatic rings. The van der Waals surface area contributed by atoms with Crippen molar-refractivity contribution < 1.29 is 9.84 Å². The van der Waals surface area contributed by atoms with Crippen LogP contribution in [0.1, 0.15) is 5.56 Å². The first-order chi connectivity index (χ1) is 9.63. The number of rotatable bonds is 2. The molecule has 4 nitrogen and oxygen atoms in total. The van der Waals surface area contributed by atoms with Crippen LogP contribution in [0.15, 0.2) is 48.7 Å². The van der Waals surface area contributed by atoms with E-state index in [9.17, 15) is 5.11 Å². The van der Waals surface area contributed by atoms with Crippen molar-refractivity contribution in [2.75, 3.05) is 5.73 Å². The van der Waals surface area contributed by atoms with E-state index in [4.69, 9.17) is 10.5 Å². The van der Waals surface area contributed by atoms with Gasteiger partial charge in [0.15, 0.2) is 0 Å². The van der Waals surface area contributed by atoms with Crippen molar-refractivity contribution in [1.82, 2.24) is 4.98 Å². The lowest BCUT2D eigenvalue weighted by Crippen LogP contribution is -1.93. The molecule has 3 N–H and O–H groups in total. The van der Waals surface area contributed by atoms with Gasteiger partial charge in [0.2, 0.25) is 5.88 Å². The number of anilines is 1. The molecule has 0 amide bonds. The van der Waals surface area contributed by atoms with Gasteiger partial charge in [-0.15, -0.1) is 0 Å². The van der Waals surface area contributed by atoms with Crippen molar-refractivity contribution >= 4 is 16.5 Å². The Hall–Kier alpha value is -2.75. The molecule has 4 heteroatoms. The Morgan fingerprint density at radius 3 is 2.75 bits per heavy atom. The first kappa shape index (κ1) is 12.3. The molecular weight excluding hydrogens is 252 g/mol. The minimum absolute atomic E-state index is 0.185. The molecule has 0 fully saturated rings. The summed E-state index contributed by atoms with van der Waals surface area (Å²) >= 11 is 0. The maximum atomic E-state index is 9.61. The van der Waals surface area contributed by atoms with E-state index in [0.29, 0.717) is 17.3 Å². The van der Waals surface area contributed by atoms with E-state index < -0.39 is 0 Å². The zero-order valence-corrected chi connectivity index (χ0v) is 11.0. The molecule has 0 unspecified atom stereocenters. The van der Waals surface area contributed by atoms with E-state index in [-0.39, 0.29) is 5.75 Å². The van der Waals surface area contributed by atoms with Gasteiger partial charge in [-0.3, -0.25) is 0 Å². The number of nitrogens with zero attached hydrogens (tertiary/aromatic N) is 1. The highest BCUT2D eigenvalue weighted by molar-refractivity contribution is 5.88. The summed E-state index contributed by atoms with van der Waals surface area (Å²) in [4.78, 5) is 4.24. The number of fused-ring (bicyclic) bond motifs is 1. The maximum Gasteiger partial charge on any atom is 0.227 e. The lowest BCUT2D eigenvalue weighted by molar-refractivity contribution is 0.462. The molecule has 0 bridgehead atoms. The van der Waals surface area contributed by atoms with Crippen molar-refractivity contribution in [2.45, 2.75) is 6.92 Å². The van der Waals surface area contributed by atoms with Gasteiger partial charge in [0.05, 0.1) is 0 Å². The fourth-order valence-electron chi connectivity index (χ4n) is 2.10. The number of hydrogen-bond donors (Lipinski definition) is 2. The Balaban J connectivity index is 2.08. The molecule has 0 saturated carbocycles. The van der Waals surface area contributed by atoms with Gasteiger partial charge < -0.3 is 15.6 Å². The average Bonchev–Trinajstić information content (AvgIpc) is 2.42. The lowest BCUT2D eigenvalue weighted by Gasteiger charge is -2.10. The predicted octanol–water partition coefficient (Wildman–Crippen LogP) is 3.62. The van der Waals surface area contributed by atoms with Gasteiger partial charge in [0.25, 0.3) is 0 Å². The number of aromatic nitrogens is 1. The molecule has 0 aliphatic heterocycles. The van der Waals surface area contributed by atoms with Crippen LogP contribution in [0, 0.1) is 6.92 Å². The quantitative estimate of drug-likeness (QED) is 0.695. The second-order valence-electron chi connectivity index (χ2n) is 4.65. The number of aryl methyl sites for hydroxylation is 1. The van der Waals surface area contributed by atoms with Crippen molar-refractivity contribution in [3.63, 3.8) is 0 Å². The first-order valence-electron chi connectivity index (χ1n) is 6.25. The number of nitrogens with two attached hydrogens (primary N) is 1. The Labute approximate surface area is 116 Å². The number of aromatic hydroxyl groups is 1. The summed E-state index contributed by atoms with van der Waals surface area (Å²) in [6.45, 7) is 1.92. The fourth-order valence-corrected chi connectivity index (χ4v) is 2.10. The van der Waals surface area contributed by atoms with Gasteiger partial charge in [0.1, 0.15) is 11.5 Å². The summed E-state index contributed by atoms with van der Waals surface area (Å²) in [5, 5.41) is 11.3. The highest BCUT2D eigenvalue weighted by atomic mass is 16.5. The predicted molar refractivity (Wildman–Crippen MR) is 79.1 cm³/mol. The van der Waals surface area contributed by atoms with Gasteiger partial charge in [-0.2, -0.15) is 0 Å². The second-order valence-corrected chi connectivity index (χ2v) is 4.65. The number of benzene rings is 2. The van der Waals surface area contributed by atoms with Crippen LogP contribution in [0.4, 0.5) is 5.69 Å². The minimum atomic E-state index is 0.185. The molecule has 1 heterocycles. The standard InChI is InChI=1S/C16H14N2O2/c1-10-8-12(17)3-5-15(10)20-16-14-9-13(19)4-2-11(14)6-7-18-16/h2-9,19H,17H2,1H3. The SMILES string of the molecule is Cc1cc(N)ccc1Oc1nccc2ccc(O)cc12. The van der Waals surface area contributed by atoms with Gasteiger partial charge in [-0.05, 0) is 54.3 Å². The van der Waals surface area contributed by atoms with E-state index in [2.05, 4.69) is 4.98 Å². The monoisotopic (exact) mass is 266 g/mol. The van der Waals surface area contributed by atoms with Crippen LogP contribution >= 0.6 is 0 Å². The zero-order valence-electron chi connectivity index (χ0n) is 11.0. The molecule has 0 aliphatic rings. The van der Waals surface area contributed by atoms with Crippen LogP contribution in [0.2, 0.25) is 0 Å². The Kier molecular flexibility index (Phi) is 2.91. The smallest absolute Gasteiger partial charge is 0.227 e. The average molecular weight is 266 g/mol. The lowest BCUT2D eigenvalue weighted by atomic mass is 10.1. The minimum Gasteiger partial charge on any atom is -0.508 e. The van der Waals surface area contributed by atoms with Crippen LogP contribution in [-0.2, 0) is 0 Å². The van der Waals surface area contributed by atoms with E-state index in [1.165, 1.54) is 0 Å². The number of nitrogen functional groups attached to an aromatic ring is 1.